The van der Waals surface area contributed by atoms with Gasteiger partial charge in [-0.2, -0.15) is 5.10 Å². The minimum absolute atomic E-state index is 0.0143. The van der Waals surface area contributed by atoms with E-state index in [1.807, 2.05) is 0 Å². The summed E-state index contributed by atoms with van der Waals surface area (Å²) in [5.74, 6) is 0.441. The largest absolute Gasteiger partial charge is 0.354 e. The van der Waals surface area contributed by atoms with Crippen LogP contribution in [-0.4, -0.2) is 26.8 Å². The number of hydrogen-bond acceptors (Lipinski definition) is 3. The first-order chi connectivity index (χ1) is 9.58. The quantitative estimate of drug-likeness (QED) is 0.814. The molecule has 1 amide bonds. The minimum atomic E-state index is -0.257. The number of aromatic nitrogens is 3. The lowest BCUT2D eigenvalue weighted by Crippen LogP contribution is -2.33. The van der Waals surface area contributed by atoms with Crippen LogP contribution in [0.4, 0.5) is 0 Å². The molecule has 0 saturated carbocycles. The number of nitrogens with one attached hydrogen (secondary N) is 1. The Labute approximate surface area is 118 Å². The summed E-state index contributed by atoms with van der Waals surface area (Å²) in [4.78, 5) is 23.5. The molecule has 0 radical (unpaired) electrons. The molecule has 6 heteroatoms. The Balaban J connectivity index is 1.79. The van der Waals surface area contributed by atoms with Gasteiger partial charge in [-0.15, -0.1) is 0 Å². The molecular formula is C14H22N4O2. The Hall–Kier alpha value is -1.85. The number of allylic oxidation sites excluding steroid dienone is 1. The van der Waals surface area contributed by atoms with E-state index in [0.29, 0.717) is 12.4 Å². The van der Waals surface area contributed by atoms with Crippen molar-refractivity contribution in [2.75, 3.05) is 6.54 Å². The molecule has 1 aromatic rings. The second-order valence-electron chi connectivity index (χ2n) is 5.25. The fourth-order valence-electron chi connectivity index (χ4n) is 2.39. The van der Waals surface area contributed by atoms with E-state index in [2.05, 4.69) is 16.5 Å². The maximum absolute atomic E-state index is 11.8. The number of carbonyl (C=O) groups excluding carboxylic acids is 1. The van der Waals surface area contributed by atoms with Gasteiger partial charge in [-0.25, -0.2) is 9.48 Å². The topological polar surface area (TPSA) is 68.9 Å². The van der Waals surface area contributed by atoms with Crippen molar-refractivity contribution in [3.63, 3.8) is 0 Å². The van der Waals surface area contributed by atoms with Crippen molar-refractivity contribution in [1.82, 2.24) is 19.7 Å². The second kappa shape index (κ2) is 6.54. The van der Waals surface area contributed by atoms with Crippen LogP contribution in [0.1, 0.15) is 37.9 Å². The summed E-state index contributed by atoms with van der Waals surface area (Å²) in [6, 6.07) is 0. The number of rotatable bonds is 5. The van der Waals surface area contributed by atoms with Gasteiger partial charge < -0.3 is 5.32 Å². The highest BCUT2D eigenvalue weighted by molar-refractivity contribution is 5.75. The molecule has 1 aromatic heterocycles. The van der Waals surface area contributed by atoms with Crippen LogP contribution < -0.4 is 11.0 Å². The van der Waals surface area contributed by atoms with Crippen LogP contribution in [0.3, 0.4) is 0 Å². The predicted octanol–water partition coefficient (Wildman–Crippen LogP) is 0.897. The van der Waals surface area contributed by atoms with E-state index in [-0.39, 0.29) is 18.1 Å². The van der Waals surface area contributed by atoms with E-state index in [4.69, 9.17) is 0 Å². The molecule has 0 fully saturated rings. The van der Waals surface area contributed by atoms with Crippen molar-refractivity contribution in [3.05, 3.63) is 28.0 Å². The molecule has 0 unspecified atom stereocenters. The SMILES string of the molecule is Cc1nn(CC(=O)NCCC2=CCCCC2)c(=O)n1C. The Bertz CT molecular complexity index is 568. The molecule has 0 aliphatic heterocycles. The van der Waals surface area contributed by atoms with Gasteiger partial charge in [-0.1, -0.05) is 11.6 Å². The summed E-state index contributed by atoms with van der Waals surface area (Å²) >= 11 is 0. The maximum Gasteiger partial charge on any atom is 0.346 e. The van der Waals surface area contributed by atoms with Gasteiger partial charge >= 0.3 is 5.69 Å². The predicted molar refractivity (Wildman–Crippen MR) is 76.4 cm³/mol. The van der Waals surface area contributed by atoms with Crippen molar-refractivity contribution in [2.45, 2.75) is 45.6 Å². The third kappa shape index (κ3) is 3.59. The van der Waals surface area contributed by atoms with Crippen LogP contribution in [0.25, 0.3) is 0 Å². The van der Waals surface area contributed by atoms with Crippen molar-refractivity contribution < 1.29 is 4.79 Å². The average molecular weight is 278 g/mol. The average Bonchev–Trinajstić information content (AvgIpc) is 2.67. The highest BCUT2D eigenvalue weighted by atomic mass is 16.2. The molecule has 0 bridgehead atoms. The van der Waals surface area contributed by atoms with Gasteiger partial charge in [-0.05, 0) is 39.0 Å². The van der Waals surface area contributed by atoms with Crippen LogP contribution in [0, 0.1) is 6.92 Å². The smallest absolute Gasteiger partial charge is 0.346 e. The van der Waals surface area contributed by atoms with Gasteiger partial charge in [0.15, 0.2) is 0 Å². The summed E-state index contributed by atoms with van der Waals surface area (Å²) in [6.07, 6.45) is 8.02. The zero-order valence-electron chi connectivity index (χ0n) is 12.2. The second-order valence-corrected chi connectivity index (χ2v) is 5.25. The van der Waals surface area contributed by atoms with E-state index in [1.165, 1.54) is 27.7 Å². The van der Waals surface area contributed by atoms with Gasteiger partial charge in [0, 0.05) is 13.6 Å². The number of hydrogen-bond donors (Lipinski definition) is 1. The molecule has 20 heavy (non-hydrogen) atoms. The first-order valence-electron chi connectivity index (χ1n) is 7.13. The standard InChI is InChI=1S/C14H22N4O2/c1-11-16-18(14(20)17(11)2)10-13(19)15-9-8-12-6-4-3-5-7-12/h6H,3-5,7-10H2,1-2H3,(H,15,19). The summed E-state index contributed by atoms with van der Waals surface area (Å²) < 4.78 is 2.63. The van der Waals surface area contributed by atoms with Gasteiger partial charge in [-0.3, -0.25) is 9.36 Å². The number of amides is 1. The molecule has 1 N–H and O–H groups in total. The summed E-state index contributed by atoms with van der Waals surface area (Å²) in [5.41, 5.74) is 1.18. The number of carbonyl (C=O) groups is 1. The Morgan fingerprint density at radius 2 is 2.25 bits per heavy atom. The first-order valence-corrected chi connectivity index (χ1v) is 7.13. The molecule has 1 heterocycles. The van der Waals surface area contributed by atoms with Crippen LogP contribution >= 0.6 is 0 Å². The fourth-order valence-corrected chi connectivity index (χ4v) is 2.39. The minimum Gasteiger partial charge on any atom is -0.354 e. The number of nitrogens with zero attached hydrogens (tertiary/aromatic N) is 3. The summed E-state index contributed by atoms with van der Waals surface area (Å²) in [7, 11) is 1.65. The van der Waals surface area contributed by atoms with Gasteiger partial charge in [0.05, 0.1) is 0 Å². The van der Waals surface area contributed by atoms with Crippen molar-refractivity contribution in [2.24, 2.45) is 7.05 Å². The van der Waals surface area contributed by atoms with E-state index in [0.717, 1.165) is 19.3 Å². The first kappa shape index (κ1) is 14.6. The fraction of sp³-hybridized carbons (Fsp3) is 0.643. The Morgan fingerprint density at radius 3 is 2.85 bits per heavy atom. The van der Waals surface area contributed by atoms with Gasteiger partial charge in [0.25, 0.3) is 0 Å². The molecule has 1 aliphatic carbocycles. The monoisotopic (exact) mass is 278 g/mol. The zero-order valence-corrected chi connectivity index (χ0v) is 12.2. The lowest BCUT2D eigenvalue weighted by molar-refractivity contribution is -0.121. The van der Waals surface area contributed by atoms with Crippen molar-refractivity contribution in [1.29, 1.82) is 0 Å². The lowest BCUT2D eigenvalue weighted by Gasteiger charge is -2.12. The highest BCUT2D eigenvalue weighted by Crippen LogP contribution is 2.19. The molecule has 0 aromatic carbocycles. The van der Waals surface area contributed by atoms with Crippen molar-refractivity contribution in [3.8, 4) is 0 Å². The molecule has 6 nitrogen and oxygen atoms in total. The van der Waals surface area contributed by atoms with Crippen LogP contribution in [-0.2, 0) is 18.4 Å². The van der Waals surface area contributed by atoms with Gasteiger partial charge in [0.1, 0.15) is 12.4 Å². The molecule has 1 aliphatic rings. The Kier molecular flexibility index (Phi) is 4.76. The van der Waals surface area contributed by atoms with Crippen LogP contribution in [0.15, 0.2) is 16.4 Å². The Morgan fingerprint density at radius 1 is 1.45 bits per heavy atom. The lowest BCUT2D eigenvalue weighted by atomic mass is 9.97. The molecule has 2 rings (SSSR count). The summed E-state index contributed by atoms with van der Waals surface area (Å²) in [5, 5.41) is 6.89. The van der Waals surface area contributed by atoms with Crippen LogP contribution in [0.5, 0.6) is 0 Å². The molecule has 0 saturated heterocycles. The van der Waals surface area contributed by atoms with Crippen LogP contribution in [0.2, 0.25) is 0 Å². The van der Waals surface area contributed by atoms with E-state index in [1.54, 1.807) is 14.0 Å². The summed E-state index contributed by atoms with van der Waals surface area (Å²) in [6.45, 7) is 2.36. The normalized spacial score (nSPS) is 15.0. The third-order valence-corrected chi connectivity index (χ3v) is 3.71. The van der Waals surface area contributed by atoms with Crippen molar-refractivity contribution >= 4 is 5.91 Å². The van der Waals surface area contributed by atoms with E-state index in [9.17, 15) is 9.59 Å². The highest BCUT2D eigenvalue weighted by Gasteiger charge is 2.10. The molecule has 0 spiro atoms. The molecule has 110 valence electrons. The van der Waals surface area contributed by atoms with E-state index < -0.39 is 0 Å². The third-order valence-electron chi connectivity index (χ3n) is 3.71. The molecular weight excluding hydrogens is 256 g/mol. The maximum atomic E-state index is 11.8. The van der Waals surface area contributed by atoms with Gasteiger partial charge in [0.2, 0.25) is 5.91 Å². The zero-order chi connectivity index (χ0) is 14.5. The molecule has 0 atom stereocenters. The number of aryl methyl sites for hydroxylation is 1. The van der Waals surface area contributed by atoms with E-state index >= 15 is 0 Å².